The van der Waals surface area contributed by atoms with Crippen LogP contribution in [0.1, 0.15) is 23.1 Å². The molecule has 3 aromatic carbocycles. The SMILES string of the molecule is CSCCC(NS(=O)(=O)c1ccccc1)C(=O)NCc1cccc(COCc2ccccc2)c1. The fraction of sp³-hybridized carbons (Fsp3) is 0.269. The maximum Gasteiger partial charge on any atom is 0.241 e. The van der Waals surface area contributed by atoms with Crippen LogP contribution in [0, 0.1) is 0 Å². The molecule has 2 N–H and O–H groups in total. The number of rotatable bonds is 13. The van der Waals surface area contributed by atoms with Crippen molar-refractivity contribution < 1.29 is 17.9 Å². The first kappa shape index (κ1) is 26.0. The normalized spacial score (nSPS) is 12.3. The molecule has 0 aliphatic heterocycles. The van der Waals surface area contributed by atoms with E-state index < -0.39 is 16.1 Å². The first-order valence-electron chi connectivity index (χ1n) is 11.0. The number of carbonyl (C=O) groups is 1. The van der Waals surface area contributed by atoms with Crippen molar-refractivity contribution in [2.24, 2.45) is 0 Å². The van der Waals surface area contributed by atoms with Crippen LogP contribution >= 0.6 is 11.8 Å². The number of amides is 1. The van der Waals surface area contributed by atoms with Crippen molar-refractivity contribution in [3.8, 4) is 0 Å². The van der Waals surface area contributed by atoms with Crippen LogP contribution in [-0.2, 0) is 39.3 Å². The average molecular weight is 499 g/mol. The van der Waals surface area contributed by atoms with E-state index in [1.165, 1.54) is 12.1 Å². The van der Waals surface area contributed by atoms with Gasteiger partial charge in [0, 0.05) is 6.54 Å². The van der Waals surface area contributed by atoms with Crippen molar-refractivity contribution >= 4 is 27.7 Å². The Morgan fingerprint density at radius 2 is 1.50 bits per heavy atom. The highest BCUT2D eigenvalue weighted by atomic mass is 32.2. The van der Waals surface area contributed by atoms with E-state index in [0.29, 0.717) is 31.9 Å². The lowest BCUT2D eigenvalue weighted by molar-refractivity contribution is -0.122. The number of carbonyl (C=O) groups excluding carboxylic acids is 1. The van der Waals surface area contributed by atoms with Crippen LogP contribution in [0.15, 0.2) is 89.8 Å². The van der Waals surface area contributed by atoms with E-state index >= 15 is 0 Å². The Hall–Kier alpha value is -2.65. The monoisotopic (exact) mass is 498 g/mol. The van der Waals surface area contributed by atoms with Crippen molar-refractivity contribution in [3.63, 3.8) is 0 Å². The molecule has 0 aliphatic carbocycles. The lowest BCUT2D eigenvalue weighted by Gasteiger charge is -2.18. The summed E-state index contributed by atoms with van der Waals surface area (Å²) in [5, 5.41) is 2.88. The standard InChI is InChI=1S/C26H30N2O4S2/c1-33-16-15-25(28-34(30,31)24-13-6-3-7-14-24)26(29)27-18-22-11-8-12-23(17-22)20-32-19-21-9-4-2-5-10-21/h2-14,17,25,28H,15-16,18-20H2,1H3,(H,27,29). The van der Waals surface area contributed by atoms with Crippen molar-refractivity contribution in [2.75, 3.05) is 12.0 Å². The highest BCUT2D eigenvalue weighted by Gasteiger charge is 2.25. The van der Waals surface area contributed by atoms with Gasteiger partial charge >= 0.3 is 0 Å². The molecule has 180 valence electrons. The third-order valence-electron chi connectivity index (χ3n) is 5.12. The summed E-state index contributed by atoms with van der Waals surface area (Å²) in [5.41, 5.74) is 3.04. The van der Waals surface area contributed by atoms with Crippen molar-refractivity contribution in [2.45, 2.75) is 37.1 Å². The molecule has 0 heterocycles. The molecule has 0 saturated carbocycles. The van der Waals surface area contributed by atoms with E-state index in [4.69, 9.17) is 4.74 Å². The number of hydrogen-bond donors (Lipinski definition) is 2. The molecular weight excluding hydrogens is 468 g/mol. The number of ether oxygens (including phenoxy) is 1. The molecule has 0 aromatic heterocycles. The lowest BCUT2D eigenvalue weighted by atomic mass is 10.1. The first-order chi connectivity index (χ1) is 16.5. The van der Waals surface area contributed by atoms with E-state index in [0.717, 1.165) is 16.7 Å². The summed E-state index contributed by atoms with van der Waals surface area (Å²) in [5.74, 6) is 0.309. The second-order valence-electron chi connectivity index (χ2n) is 7.78. The van der Waals surface area contributed by atoms with Gasteiger partial charge in [-0.15, -0.1) is 0 Å². The average Bonchev–Trinajstić information content (AvgIpc) is 2.86. The molecule has 0 saturated heterocycles. The van der Waals surface area contributed by atoms with E-state index in [2.05, 4.69) is 10.0 Å². The van der Waals surface area contributed by atoms with Crippen LogP contribution in [0.2, 0.25) is 0 Å². The summed E-state index contributed by atoms with van der Waals surface area (Å²) >= 11 is 1.56. The smallest absolute Gasteiger partial charge is 0.241 e. The molecule has 1 amide bonds. The Morgan fingerprint density at radius 1 is 0.882 bits per heavy atom. The zero-order chi connectivity index (χ0) is 24.2. The van der Waals surface area contributed by atoms with Gasteiger partial charge in [0.25, 0.3) is 0 Å². The Labute approximate surface area is 206 Å². The van der Waals surface area contributed by atoms with E-state index in [9.17, 15) is 13.2 Å². The Morgan fingerprint density at radius 3 is 2.21 bits per heavy atom. The fourth-order valence-electron chi connectivity index (χ4n) is 3.34. The highest BCUT2D eigenvalue weighted by molar-refractivity contribution is 7.98. The molecule has 8 heteroatoms. The number of hydrogen-bond acceptors (Lipinski definition) is 5. The summed E-state index contributed by atoms with van der Waals surface area (Å²) in [4.78, 5) is 13.0. The molecule has 0 aliphatic rings. The number of thioether (sulfide) groups is 1. The molecule has 3 rings (SSSR count). The van der Waals surface area contributed by atoms with Crippen molar-refractivity contribution in [3.05, 3.63) is 102 Å². The van der Waals surface area contributed by atoms with Crippen LogP contribution < -0.4 is 10.0 Å². The number of sulfonamides is 1. The van der Waals surface area contributed by atoms with Crippen LogP contribution in [0.25, 0.3) is 0 Å². The molecule has 1 atom stereocenters. The van der Waals surface area contributed by atoms with Gasteiger partial charge in [0.1, 0.15) is 6.04 Å². The van der Waals surface area contributed by atoms with Gasteiger partial charge in [-0.05, 0) is 47.3 Å². The second-order valence-corrected chi connectivity index (χ2v) is 10.5. The molecular formula is C26H30N2O4S2. The predicted octanol–water partition coefficient (Wildman–Crippen LogP) is 4.12. The lowest BCUT2D eigenvalue weighted by Crippen LogP contribution is -2.46. The molecule has 0 bridgehead atoms. The van der Waals surface area contributed by atoms with Crippen molar-refractivity contribution in [1.29, 1.82) is 0 Å². The Kier molecular flexibility index (Phi) is 10.2. The molecule has 34 heavy (non-hydrogen) atoms. The van der Waals surface area contributed by atoms with E-state index in [1.807, 2.05) is 60.9 Å². The summed E-state index contributed by atoms with van der Waals surface area (Å²) in [6.45, 7) is 1.29. The van der Waals surface area contributed by atoms with Crippen LogP contribution in [0.5, 0.6) is 0 Å². The summed E-state index contributed by atoms with van der Waals surface area (Å²) in [7, 11) is -3.79. The summed E-state index contributed by atoms with van der Waals surface area (Å²) < 4.78 is 33.8. The number of benzene rings is 3. The maximum atomic E-state index is 12.9. The summed E-state index contributed by atoms with van der Waals surface area (Å²) in [6, 6.07) is 25.0. The van der Waals surface area contributed by atoms with Gasteiger partial charge in [0.2, 0.25) is 15.9 Å². The minimum Gasteiger partial charge on any atom is -0.372 e. The van der Waals surface area contributed by atoms with E-state index in [1.54, 1.807) is 30.0 Å². The van der Waals surface area contributed by atoms with Gasteiger partial charge in [0.05, 0.1) is 18.1 Å². The quantitative estimate of drug-likeness (QED) is 0.370. The van der Waals surface area contributed by atoms with Gasteiger partial charge in [-0.1, -0.05) is 72.8 Å². The zero-order valence-electron chi connectivity index (χ0n) is 19.1. The van der Waals surface area contributed by atoms with Crippen LogP contribution in [0.4, 0.5) is 0 Å². The summed E-state index contributed by atoms with van der Waals surface area (Å²) in [6.07, 6.45) is 2.32. The van der Waals surface area contributed by atoms with Gasteiger partial charge in [-0.25, -0.2) is 8.42 Å². The number of nitrogens with one attached hydrogen (secondary N) is 2. The topological polar surface area (TPSA) is 84.5 Å². The predicted molar refractivity (Wildman–Crippen MR) is 137 cm³/mol. The van der Waals surface area contributed by atoms with Gasteiger partial charge in [-0.3, -0.25) is 4.79 Å². The van der Waals surface area contributed by atoms with Crippen molar-refractivity contribution in [1.82, 2.24) is 10.0 Å². The molecule has 1 unspecified atom stereocenters. The second kappa shape index (κ2) is 13.3. The molecule has 3 aromatic rings. The molecule has 0 spiro atoms. The largest absolute Gasteiger partial charge is 0.372 e. The fourth-order valence-corrected chi connectivity index (χ4v) is 5.06. The molecule has 0 radical (unpaired) electrons. The van der Waals surface area contributed by atoms with Gasteiger partial charge < -0.3 is 10.1 Å². The Balaban J connectivity index is 1.56. The molecule has 0 fully saturated rings. The maximum absolute atomic E-state index is 12.9. The third-order valence-corrected chi connectivity index (χ3v) is 7.25. The molecule has 6 nitrogen and oxygen atoms in total. The highest BCUT2D eigenvalue weighted by Crippen LogP contribution is 2.12. The van der Waals surface area contributed by atoms with Crippen LogP contribution in [0.3, 0.4) is 0 Å². The zero-order valence-corrected chi connectivity index (χ0v) is 20.8. The van der Waals surface area contributed by atoms with Gasteiger partial charge in [-0.2, -0.15) is 16.5 Å². The van der Waals surface area contributed by atoms with Gasteiger partial charge in [0.15, 0.2) is 0 Å². The third kappa shape index (κ3) is 8.29. The van der Waals surface area contributed by atoms with Crippen LogP contribution in [-0.4, -0.2) is 32.4 Å². The Bertz CT molecular complexity index is 1140. The minimum atomic E-state index is -3.79. The minimum absolute atomic E-state index is 0.139. The first-order valence-corrected chi connectivity index (χ1v) is 13.9. The van der Waals surface area contributed by atoms with E-state index in [-0.39, 0.29) is 10.8 Å².